The Kier molecular flexibility index (Phi) is 5.48. The SMILES string of the molecule is CN(C)CCCNS(=O)(=O)c1ccnc(NN)c1. The van der Waals surface area contributed by atoms with E-state index in [0.717, 1.165) is 13.0 Å². The van der Waals surface area contributed by atoms with Gasteiger partial charge in [-0.2, -0.15) is 0 Å². The maximum Gasteiger partial charge on any atom is 0.240 e. The molecule has 0 aliphatic rings. The van der Waals surface area contributed by atoms with Crippen LogP contribution in [-0.4, -0.2) is 45.5 Å². The summed E-state index contributed by atoms with van der Waals surface area (Å²) >= 11 is 0. The predicted octanol–water partition coefficient (Wildman–Crippen LogP) is -0.403. The second kappa shape index (κ2) is 6.64. The summed E-state index contributed by atoms with van der Waals surface area (Å²) in [4.78, 5) is 6.00. The zero-order chi connectivity index (χ0) is 13.6. The van der Waals surface area contributed by atoms with Gasteiger partial charge in [0.05, 0.1) is 4.90 Å². The normalized spacial score (nSPS) is 11.8. The van der Waals surface area contributed by atoms with Crippen LogP contribution >= 0.6 is 0 Å². The molecule has 102 valence electrons. The van der Waals surface area contributed by atoms with E-state index >= 15 is 0 Å². The van der Waals surface area contributed by atoms with Crippen molar-refractivity contribution >= 4 is 15.8 Å². The fourth-order valence-electron chi connectivity index (χ4n) is 1.34. The number of hydrogen-bond acceptors (Lipinski definition) is 6. The number of hydrogen-bond donors (Lipinski definition) is 3. The van der Waals surface area contributed by atoms with Crippen molar-refractivity contribution in [2.45, 2.75) is 11.3 Å². The van der Waals surface area contributed by atoms with Gasteiger partial charge in [0, 0.05) is 18.8 Å². The van der Waals surface area contributed by atoms with Gasteiger partial charge in [-0.1, -0.05) is 0 Å². The zero-order valence-electron chi connectivity index (χ0n) is 10.5. The van der Waals surface area contributed by atoms with Crippen molar-refractivity contribution in [1.29, 1.82) is 0 Å². The van der Waals surface area contributed by atoms with Crippen LogP contribution in [0.1, 0.15) is 6.42 Å². The molecule has 0 unspecified atom stereocenters. The van der Waals surface area contributed by atoms with E-state index < -0.39 is 10.0 Å². The van der Waals surface area contributed by atoms with Gasteiger partial charge in [-0.3, -0.25) is 0 Å². The molecule has 0 saturated carbocycles. The van der Waals surface area contributed by atoms with Crippen molar-refractivity contribution in [2.24, 2.45) is 5.84 Å². The minimum Gasteiger partial charge on any atom is -0.309 e. The van der Waals surface area contributed by atoms with Gasteiger partial charge in [-0.15, -0.1) is 0 Å². The fourth-order valence-corrected chi connectivity index (χ4v) is 2.43. The lowest BCUT2D eigenvalue weighted by atomic mass is 10.4. The molecule has 0 aliphatic heterocycles. The maximum atomic E-state index is 11.9. The number of sulfonamides is 1. The lowest BCUT2D eigenvalue weighted by molar-refractivity contribution is 0.400. The molecular formula is C10H19N5O2S. The van der Waals surface area contributed by atoms with Crippen LogP contribution in [0.2, 0.25) is 0 Å². The number of pyridine rings is 1. The Bertz CT molecular complexity index is 475. The third-order valence-corrected chi connectivity index (χ3v) is 3.72. The minimum absolute atomic E-state index is 0.148. The molecule has 0 radical (unpaired) electrons. The Labute approximate surface area is 107 Å². The monoisotopic (exact) mass is 273 g/mol. The fraction of sp³-hybridized carbons (Fsp3) is 0.500. The van der Waals surface area contributed by atoms with Gasteiger partial charge in [-0.05, 0) is 33.1 Å². The Morgan fingerprint density at radius 2 is 2.17 bits per heavy atom. The van der Waals surface area contributed by atoms with Gasteiger partial charge in [0.1, 0.15) is 5.82 Å². The van der Waals surface area contributed by atoms with E-state index in [1.807, 2.05) is 19.0 Å². The number of anilines is 1. The zero-order valence-corrected chi connectivity index (χ0v) is 11.4. The third kappa shape index (κ3) is 4.57. The highest BCUT2D eigenvalue weighted by molar-refractivity contribution is 7.89. The third-order valence-electron chi connectivity index (χ3n) is 2.26. The smallest absolute Gasteiger partial charge is 0.240 e. The molecule has 1 heterocycles. The first kappa shape index (κ1) is 14.8. The van der Waals surface area contributed by atoms with Crippen molar-refractivity contribution < 1.29 is 8.42 Å². The van der Waals surface area contributed by atoms with Gasteiger partial charge in [0.15, 0.2) is 0 Å². The van der Waals surface area contributed by atoms with E-state index in [-0.39, 0.29) is 4.90 Å². The number of nitrogens with zero attached hydrogens (tertiary/aromatic N) is 2. The van der Waals surface area contributed by atoms with E-state index in [1.165, 1.54) is 18.3 Å². The van der Waals surface area contributed by atoms with Crippen LogP contribution in [0.25, 0.3) is 0 Å². The molecule has 0 atom stereocenters. The van der Waals surface area contributed by atoms with E-state index in [1.54, 1.807) is 0 Å². The summed E-state index contributed by atoms with van der Waals surface area (Å²) in [7, 11) is 0.387. The highest BCUT2D eigenvalue weighted by Crippen LogP contribution is 2.11. The first-order chi connectivity index (χ1) is 8.45. The van der Waals surface area contributed by atoms with E-state index in [2.05, 4.69) is 15.1 Å². The quantitative estimate of drug-likeness (QED) is 0.355. The molecule has 0 bridgehead atoms. The molecule has 0 spiro atoms. The standard InChI is InChI=1S/C10H19N5O2S/c1-15(2)7-3-5-13-18(16,17)9-4-6-12-10(8-9)14-11/h4,6,8,13H,3,5,7,11H2,1-2H3,(H,12,14). The second-order valence-electron chi connectivity index (χ2n) is 4.08. The highest BCUT2D eigenvalue weighted by atomic mass is 32.2. The van der Waals surface area contributed by atoms with Crippen LogP contribution < -0.4 is 16.0 Å². The predicted molar refractivity (Wildman–Crippen MR) is 70.4 cm³/mol. The van der Waals surface area contributed by atoms with Crippen molar-refractivity contribution in [1.82, 2.24) is 14.6 Å². The number of hydrazine groups is 1. The summed E-state index contributed by atoms with van der Waals surface area (Å²) in [6.45, 7) is 1.22. The molecule has 8 heteroatoms. The molecule has 7 nitrogen and oxygen atoms in total. The summed E-state index contributed by atoms with van der Waals surface area (Å²) < 4.78 is 26.4. The lowest BCUT2D eigenvalue weighted by Crippen LogP contribution is -2.27. The Morgan fingerprint density at radius 3 is 2.78 bits per heavy atom. The van der Waals surface area contributed by atoms with Crippen molar-refractivity contribution in [2.75, 3.05) is 32.6 Å². The number of aromatic nitrogens is 1. The molecule has 1 aromatic heterocycles. The summed E-state index contributed by atoms with van der Waals surface area (Å²) in [6.07, 6.45) is 2.14. The molecular weight excluding hydrogens is 254 g/mol. The average molecular weight is 273 g/mol. The Hall–Kier alpha value is -1.22. The van der Waals surface area contributed by atoms with Crippen LogP contribution in [0.4, 0.5) is 5.82 Å². The minimum atomic E-state index is -3.49. The number of nitrogens with two attached hydrogens (primary N) is 1. The van der Waals surface area contributed by atoms with Gasteiger partial charge in [0.2, 0.25) is 10.0 Å². The lowest BCUT2D eigenvalue weighted by Gasteiger charge is -2.10. The van der Waals surface area contributed by atoms with E-state index in [9.17, 15) is 8.42 Å². The van der Waals surface area contributed by atoms with Gasteiger partial charge < -0.3 is 10.3 Å². The van der Waals surface area contributed by atoms with Crippen LogP contribution in [0.15, 0.2) is 23.2 Å². The summed E-state index contributed by atoms with van der Waals surface area (Å²) in [5.74, 6) is 5.49. The van der Waals surface area contributed by atoms with Crippen LogP contribution in [0.5, 0.6) is 0 Å². The maximum absolute atomic E-state index is 11.9. The van der Waals surface area contributed by atoms with Gasteiger partial charge in [0.25, 0.3) is 0 Å². The Balaban J connectivity index is 2.62. The molecule has 1 aromatic rings. The largest absolute Gasteiger partial charge is 0.309 e. The summed E-state index contributed by atoms with van der Waals surface area (Å²) in [6, 6.07) is 2.81. The summed E-state index contributed by atoms with van der Waals surface area (Å²) in [5, 5.41) is 0. The van der Waals surface area contributed by atoms with Gasteiger partial charge >= 0.3 is 0 Å². The first-order valence-electron chi connectivity index (χ1n) is 5.53. The molecule has 18 heavy (non-hydrogen) atoms. The van der Waals surface area contributed by atoms with Crippen LogP contribution in [0.3, 0.4) is 0 Å². The number of nitrogens with one attached hydrogen (secondary N) is 2. The highest BCUT2D eigenvalue weighted by Gasteiger charge is 2.13. The first-order valence-corrected chi connectivity index (χ1v) is 7.01. The van der Waals surface area contributed by atoms with Crippen LogP contribution in [-0.2, 0) is 10.0 Å². The van der Waals surface area contributed by atoms with Crippen molar-refractivity contribution in [3.8, 4) is 0 Å². The molecule has 0 aromatic carbocycles. The topological polar surface area (TPSA) is 100 Å². The Morgan fingerprint density at radius 1 is 1.44 bits per heavy atom. The molecule has 1 rings (SSSR count). The van der Waals surface area contributed by atoms with Gasteiger partial charge in [-0.25, -0.2) is 24.0 Å². The van der Waals surface area contributed by atoms with Crippen molar-refractivity contribution in [3.63, 3.8) is 0 Å². The van der Waals surface area contributed by atoms with E-state index in [0.29, 0.717) is 12.4 Å². The molecule has 0 saturated heterocycles. The molecule has 0 fully saturated rings. The number of rotatable bonds is 7. The molecule has 0 aliphatic carbocycles. The van der Waals surface area contributed by atoms with Crippen molar-refractivity contribution in [3.05, 3.63) is 18.3 Å². The van der Waals surface area contributed by atoms with E-state index in [4.69, 9.17) is 5.84 Å². The molecule has 0 amide bonds. The second-order valence-corrected chi connectivity index (χ2v) is 5.84. The number of nitrogen functional groups attached to an aromatic ring is 1. The average Bonchev–Trinajstić information content (AvgIpc) is 2.34. The molecule has 4 N–H and O–H groups in total. The van der Waals surface area contributed by atoms with Crippen LogP contribution in [0, 0.1) is 0 Å². The summed E-state index contributed by atoms with van der Waals surface area (Å²) in [5.41, 5.74) is 2.31.